The zero-order chi connectivity index (χ0) is 26.8. The molecule has 2 unspecified atom stereocenters. The lowest BCUT2D eigenvalue weighted by atomic mass is 10.1. The molecule has 0 heterocycles. The summed E-state index contributed by atoms with van der Waals surface area (Å²) < 4.78 is 23.2. The quantitative estimate of drug-likeness (QED) is 0.0472. The first-order valence-electron chi connectivity index (χ1n) is 15.5. The van der Waals surface area contributed by atoms with Gasteiger partial charge < -0.3 is 9.38 Å². The molecule has 36 heavy (non-hydrogen) atoms. The third kappa shape index (κ3) is 24.2. The molecule has 0 fully saturated rings. The molecule has 0 aliphatic heterocycles. The number of quaternary nitrogens is 1. The molecule has 0 saturated heterocycles. The Kier molecular flexibility index (Phi) is 25.0. The zero-order valence-electron chi connectivity index (χ0n) is 24.7. The van der Waals surface area contributed by atoms with Crippen LogP contribution in [0.15, 0.2) is 12.2 Å². The van der Waals surface area contributed by atoms with Gasteiger partial charge in [-0.05, 0) is 45.4 Å². The number of hydrogen-bond donors (Lipinski definition) is 1. The number of phosphoric acid groups is 1. The molecule has 0 aromatic carbocycles. The van der Waals surface area contributed by atoms with Gasteiger partial charge in [0, 0.05) is 0 Å². The lowest BCUT2D eigenvalue weighted by Gasteiger charge is -2.33. The van der Waals surface area contributed by atoms with Crippen LogP contribution in [-0.2, 0) is 13.6 Å². The van der Waals surface area contributed by atoms with Gasteiger partial charge in [0.1, 0.15) is 13.2 Å². The highest BCUT2D eigenvalue weighted by Crippen LogP contribution is 2.43. The van der Waals surface area contributed by atoms with Gasteiger partial charge in [-0.2, -0.15) is 0 Å². The van der Waals surface area contributed by atoms with Crippen LogP contribution in [0.2, 0.25) is 0 Å². The predicted molar refractivity (Wildman–Crippen MR) is 156 cm³/mol. The van der Waals surface area contributed by atoms with E-state index in [2.05, 4.69) is 40.0 Å². The van der Waals surface area contributed by atoms with Gasteiger partial charge in [-0.25, -0.2) is 4.57 Å². The van der Waals surface area contributed by atoms with Crippen molar-refractivity contribution in [2.45, 2.75) is 143 Å². The first-order chi connectivity index (χ1) is 17.4. The summed E-state index contributed by atoms with van der Waals surface area (Å²) in [6.07, 6.45) is 29.0. The van der Waals surface area contributed by atoms with E-state index >= 15 is 0 Å². The molecule has 0 rings (SSSR count). The Hall–Kier alpha value is -0.190. The van der Waals surface area contributed by atoms with E-state index in [9.17, 15) is 9.46 Å². The molecule has 0 aliphatic carbocycles. The van der Waals surface area contributed by atoms with Gasteiger partial charge in [0.2, 0.25) is 0 Å². The summed E-state index contributed by atoms with van der Waals surface area (Å²) in [6, 6.07) is 0. The molecular formula is C30H63NO4P+. The van der Waals surface area contributed by atoms with E-state index in [-0.39, 0.29) is 6.61 Å². The molecule has 0 aromatic heterocycles. The van der Waals surface area contributed by atoms with Crippen molar-refractivity contribution in [3.05, 3.63) is 12.2 Å². The minimum atomic E-state index is -3.92. The molecule has 6 heteroatoms. The van der Waals surface area contributed by atoms with Crippen LogP contribution in [0.4, 0.5) is 0 Å². The van der Waals surface area contributed by atoms with Crippen molar-refractivity contribution in [2.24, 2.45) is 0 Å². The van der Waals surface area contributed by atoms with Gasteiger partial charge in [0.05, 0.1) is 26.7 Å². The van der Waals surface area contributed by atoms with Crippen LogP contribution in [0.1, 0.15) is 143 Å². The van der Waals surface area contributed by atoms with Gasteiger partial charge in [0.25, 0.3) is 0 Å². The molecule has 0 radical (unpaired) electrons. The van der Waals surface area contributed by atoms with E-state index < -0.39 is 7.82 Å². The molecule has 0 saturated carbocycles. The minimum Gasteiger partial charge on any atom is -0.324 e. The standard InChI is InChI=1S/C30H62NO4P/c1-5-8-9-10-11-12-13-14-15-16-17-18-19-20-21-22-23-24-25-26-29-34-36(32,33)35-30-28-31(4,7-3)27-6-2/h14-15H,5-13,16-30H2,1-4H3/p+1/b15-14-. The van der Waals surface area contributed by atoms with Crippen molar-refractivity contribution in [3.63, 3.8) is 0 Å². The number of phosphoric ester groups is 1. The van der Waals surface area contributed by atoms with Crippen LogP contribution in [0.3, 0.4) is 0 Å². The topological polar surface area (TPSA) is 55.8 Å². The molecule has 0 aromatic rings. The third-order valence-corrected chi connectivity index (χ3v) is 8.34. The average Bonchev–Trinajstić information content (AvgIpc) is 2.85. The van der Waals surface area contributed by atoms with E-state index in [0.29, 0.717) is 6.61 Å². The molecule has 0 aliphatic rings. The van der Waals surface area contributed by atoms with Crippen LogP contribution >= 0.6 is 7.82 Å². The van der Waals surface area contributed by atoms with Crippen molar-refractivity contribution in [1.82, 2.24) is 0 Å². The van der Waals surface area contributed by atoms with E-state index in [1.807, 2.05) is 0 Å². The highest BCUT2D eigenvalue weighted by atomic mass is 31.2. The predicted octanol–water partition coefficient (Wildman–Crippen LogP) is 9.59. The van der Waals surface area contributed by atoms with Crippen molar-refractivity contribution < 1.29 is 23.0 Å². The Balaban J connectivity index is 3.42. The molecule has 0 amide bonds. The Labute approximate surface area is 225 Å². The van der Waals surface area contributed by atoms with Crippen LogP contribution < -0.4 is 0 Å². The lowest BCUT2D eigenvalue weighted by molar-refractivity contribution is -0.907. The monoisotopic (exact) mass is 532 g/mol. The molecule has 1 N–H and O–H groups in total. The van der Waals surface area contributed by atoms with Crippen molar-refractivity contribution in [1.29, 1.82) is 0 Å². The second-order valence-electron chi connectivity index (χ2n) is 10.9. The van der Waals surface area contributed by atoms with E-state index in [0.717, 1.165) is 43.4 Å². The van der Waals surface area contributed by atoms with Gasteiger partial charge >= 0.3 is 7.82 Å². The molecule has 0 bridgehead atoms. The van der Waals surface area contributed by atoms with Crippen LogP contribution in [0.5, 0.6) is 0 Å². The maximum atomic E-state index is 12.0. The fourth-order valence-electron chi connectivity index (χ4n) is 4.62. The largest absolute Gasteiger partial charge is 0.472 e. The first-order valence-corrected chi connectivity index (χ1v) is 17.0. The summed E-state index contributed by atoms with van der Waals surface area (Å²) in [5.41, 5.74) is 0. The SMILES string of the molecule is CCCCCCCC/C=C\CCCCCCCCCCCCOP(=O)(O)OCC[N+](C)(CC)CCC. The molecule has 2 atom stereocenters. The van der Waals surface area contributed by atoms with Crippen LogP contribution in [0.25, 0.3) is 0 Å². The van der Waals surface area contributed by atoms with E-state index in [4.69, 9.17) is 9.05 Å². The van der Waals surface area contributed by atoms with Gasteiger partial charge in [0.15, 0.2) is 0 Å². The summed E-state index contributed by atoms with van der Waals surface area (Å²) in [5, 5.41) is 0. The van der Waals surface area contributed by atoms with Crippen molar-refractivity contribution in [2.75, 3.05) is 39.9 Å². The maximum absolute atomic E-state index is 12.0. The maximum Gasteiger partial charge on any atom is 0.472 e. The summed E-state index contributed by atoms with van der Waals surface area (Å²) >= 11 is 0. The second kappa shape index (κ2) is 25.1. The minimum absolute atomic E-state index is 0.258. The molecular weight excluding hydrogens is 469 g/mol. The van der Waals surface area contributed by atoms with Crippen molar-refractivity contribution in [3.8, 4) is 0 Å². The summed E-state index contributed by atoms with van der Waals surface area (Å²) in [5.74, 6) is 0. The Morgan fingerprint density at radius 3 is 1.53 bits per heavy atom. The normalized spacial score (nSPS) is 15.4. The number of nitrogens with zero attached hydrogens (tertiary/aromatic N) is 1. The average molecular weight is 533 g/mol. The Morgan fingerprint density at radius 1 is 0.611 bits per heavy atom. The first kappa shape index (κ1) is 35.8. The fourth-order valence-corrected chi connectivity index (χ4v) is 5.37. The van der Waals surface area contributed by atoms with Crippen LogP contribution in [-0.4, -0.2) is 49.3 Å². The smallest absolute Gasteiger partial charge is 0.324 e. The highest BCUT2D eigenvalue weighted by Gasteiger charge is 2.24. The third-order valence-electron chi connectivity index (χ3n) is 7.32. The molecule has 0 spiro atoms. The second-order valence-corrected chi connectivity index (χ2v) is 12.3. The van der Waals surface area contributed by atoms with Gasteiger partial charge in [-0.1, -0.05) is 109 Å². The number of likely N-dealkylation sites (N-methyl/N-ethyl adjacent to an activating group) is 1. The number of allylic oxidation sites excluding steroid dienone is 2. The molecule has 216 valence electrons. The van der Waals surface area contributed by atoms with E-state index in [1.54, 1.807) is 0 Å². The zero-order valence-corrected chi connectivity index (χ0v) is 25.6. The van der Waals surface area contributed by atoms with Crippen molar-refractivity contribution >= 4 is 7.82 Å². The fraction of sp³-hybridized carbons (Fsp3) is 0.933. The summed E-state index contributed by atoms with van der Waals surface area (Å²) in [4.78, 5) is 9.87. The summed E-state index contributed by atoms with van der Waals surface area (Å²) in [6.45, 7) is 9.91. The number of rotatable bonds is 28. The van der Waals surface area contributed by atoms with Gasteiger partial charge in [-0.3, -0.25) is 9.05 Å². The number of unbranched alkanes of at least 4 members (excludes halogenated alkanes) is 16. The van der Waals surface area contributed by atoms with E-state index in [1.165, 1.54) is 103 Å². The number of hydrogen-bond acceptors (Lipinski definition) is 3. The lowest BCUT2D eigenvalue weighted by Crippen LogP contribution is -2.46. The van der Waals surface area contributed by atoms with Crippen LogP contribution in [0, 0.1) is 0 Å². The Bertz CT molecular complexity index is 543. The summed E-state index contributed by atoms with van der Waals surface area (Å²) in [7, 11) is -1.76. The van der Waals surface area contributed by atoms with Gasteiger partial charge in [-0.15, -0.1) is 0 Å². The molecule has 5 nitrogen and oxygen atoms in total. The Morgan fingerprint density at radius 2 is 1.06 bits per heavy atom. The highest BCUT2D eigenvalue weighted by molar-refractivity contribution is 7.47.